The summed E-state index contributed by atoms with van der Waals surface area (Å²) < 4.78 is 51.3. The average Bonchev–Trinajstić information content (AvgIpc) is 2.25. The van der Waals surface area contributed by atoms with Crippen molar-refractivity contribution in [2.75, 3.05) is 0 Å². The molecule has 0 unspecified atom stereocenters. The SMILES string of the molecule is CC(C)(C)n1nc(I)c(F)c1C(F)(F)F. The Morgan fingerprint density at radius 2 is 1.67 bits per heavy atom. The summed E-state index contributed by atoms with van der Waals surface area (Å²) in [5.74, 6) is -1.31. The second-order valence-electron chi connectivity index (χ2n) is 4.03. The smallest absolute Gasteiger partial charge is 0.251 e. The van der Waals surface area contributed by atoms with Gasteiger partial charge in [0, 0.05) is 0 Å². The van der Waals surface area contributed by atoms with Gasteiger partial charge in [-0.2, -0.15) is 18.3 Å². The van der Waals surface area contributed by atoms with Gasteiger partial charge in [-0.05, 0) is 43.4 Å². The number of alkyl halides is 3. The van der Waals surface area contributed by atoms with Crippen LogP contribution in [-0.2, 0) is 11.7 Å². The maximum absolute atomic E-state index is 13.2. The standard InChI is InChI=1S/C8H9F4IN2/c1-7(2,3)15-5(8(10,11)12)4(9)6(13)14-15/h1-3H3. The third-order valence-electron chi connectivity index (χ3n) is 1.69. The molecule has 0 aromatic carbocycles. The van der Waals surface area contributed by atoms with Crippen LogP contribution in [0.2, 0.25) is 0 Å². The van der Waals surface area contributed by atoms with E-state index in [9.17, 15) is 17.6 Å². The fourth-order valence-electron chi connectivity index (χ4n) is 1.10. The Bertz CT molecular complexity index is 375. The minimum Gasteiger partial charge on any atom is -0.251 e. The number of hydrogen-bond acceptors (Lipinski definition) is 1. The molecule has 0 amide bonds. The lowest BCUT2D eigenvalue weighted by molar-refractivity contribution is -0.148. The van der Waals surface area contributed by atoms with Crippen LogP contribution in [0.1, 0.15) is 26.5 Å². The van der Waals surface area contributed by atoms with Gasteiger partial charge in [0.1, 0.15) is 0 Å². The van der Waals surface area contributed by atoms with Crippen LogP contribution in [0.15, 0.2) is 0 Å². The zero-order valence-corrected chi connectivity index (χ0v) is 10.4. The van der Waals surface area contributed by atoms with Crippen molar-refractivity contribution in [1.29, 1.82) is 0 Å². The minimum atomic E-state index is -4.73. The van der Waals surface area contributed by atoms with Crippen molar-refractivity contribution in [3.05, 3.63) is 15.2 Å². The molecule has 0 atom stereocenters. The van der Waals surface area contributed by atoms with Gasteiger partial charge in [-0.1, -0.05) is 0 Å². The summed E-state index contributed by atoms with van der Waals surface area (Å²) in [5.41, 5.74) is -2.23. The number of hydrogen-bond donors (Lipinski definition) is 0. The summed E-state index contributed by atoms with van der Waals surface area (Å²) in [5, 5.41) is 3.56. The van der Waals surface area contributed by atoms with Gasteiger partial charge in [0.05, 0.1) is 5.54 Å². The predicted molar refractivity (Wildman–Crippen MR) is 54.9 cm³/mol. The van der Waals surface area contributed by atoms with E-state index in [0.717, 1.165) is 0 Å². The molecule has 2 nitrogen and oxygen atoms in total. The highest BCUT2D eigenvalue weighted by molar-refractivity contribution is 14.1. The molecule has 0 saturated heterocycles. The van der Waals surface area contributed by atoms with Gasteiger partial charge in [-0.15, -0.1) is 0 Å². The van der Waals surface area contributed by atoms with E-state index in [1.807, 2.05) is 0 Å². The normalized spacial score (nSPS) is 13.3. The second-order valence-corrected chi connectivity index (χ2v) is 5.06. The topological polar surface area (TPSA) is 17.8 Å². The lowest BCUT2D eigenvalue weighted by Gasteiger charge is -2.22. The maximum Gasteiger partial charge on any atom is 0.436 e. The molecule has 0 saturated carbocycles. The van der Waals surface area contributed by atoms with Gasteiger partial charge >= 0.3 is 6.18 Å². The van der Waals surface area contributed by atoms with Crippen molar-refractivity contribution >= 4 is 22.6 Å². The average molecular weight is 336 g/mol. The van der Waals surface area contributed by atoms with Crippen molar-refractivity contribution < 1.29 is 17.6 Å². The van der Waals surface area contributed by atoms with E-state index in [1.54, 1.807) is 0 Å². The van der Waals surface area contributed by atoms with Gasteiger partial charge in [0.2, 0.25) is 0 Å². The second kappa shape index (κ2) is 3.60. The van der Waals surface area contributed by atoms with Crippen LogP contribution in [0.3, 0.4) is 0 Å². The molecule has 0 aliphatic rings. The van der Waals surface area contributed by atoms with E-state index in [1.165, 1.54) is 43.4 Å². The summed E-state index contributed by atoms with van der Waals surface area (Å²) in [6.45, 7) is 4.60. The Balaban J connectivity index is 3.48. The molecule has 0 aliphatic heterocycles. The zero-order chi connectivity index (χ0) is 12.0. The molecule has 0 N–H and O–H groups in total. The van der Waals surface area contributed by atoms with E-state index in [-0.39, 0.29) is 3.70 Å². The Kier molecular flexibility index (Phi) is 3.05. The molecular weight excluding hydrogens is 327 g/mol. The van der Waals surface area contributed by atoms with Crippen LogP contribution >= 0.6 is 22.6 Å². The van der Waals surface area contributed by atoms with E-state index < -0.39 is 23.2 Å². The van der Waals surface area contributed by atoms with Crippen molar-refractivity contribution in [1.82, 2.24) is 9.78 Å². The Morgan fingerprint density at radius 3 is 1.93 bits per heavy atom. The third-order valence-corrected chi connectivity index (χ3v) is 2.38. The first-order valence-electron chi connectivity index (χ1n) is 4.07. The summed E-state index contributed by atoms with van der Waals surface area (Å²) in [7, 11) is 0. The fraction of sp³-hybridized carbons (Fsp3) is 0.625. The molecule has 15 heavy (non-hydrogen) atoms. The van der Waals surface area contributed by atoms with E-state index in [0.29, 0.717) is 4.68 Å². The molecule has 0 radical (unpaired) electrons. The third kappa shape index (κ3) is 2.43. The lowest BCUT2D eigenvalue weighted by atomic mass is 10.1. The van der Waals surface area contributed by atoms with Gasteiger partial charge in [-0.3, -0.25) is 4.68 Å². The molecule has 86 valence electrons. The largest absolute Gasteiger partial charge is 0.436 e. The molecule has 7 heteroatoms. The predicted octanol–water partition coefficient (Wildman–Crippen LogP) is 3.40. The highest BCUT2D eigenvalue weighted by Gasteiger charge is 2.42. The van der Waals surface area contributed by atoms with Crippen LogP contribution in [0.4, 0.5) is 17.6 Å². The van der Waals surface area contributed by atoms with Gasteiger partial charge in [0.25, 0.3) is 0 Å². The summed E-state index contributed by atoms with van der Waals surface area (Å²) >= 11 is 1.44. The minimum absolute atomic E-state index is 0.269. The summed E-state index contributed by atoms with van der Waals surface area (Å²) in [6, 6.07) is 0. The Morgan fingerprint density at radius 1 is 1.20 bits per heavy atom. The van der Waals surface area contributed by atoms with Crippen molar-refractivity contribution in [2.45, 2.75) is 32.5 Å². The number of aromatic nitrogens is 2. The molecule has 1 aromatic rings. The van der Waals surface area contributed by atoms with Crippen molar-refractivity contribution in [3.63, 3.8) is 0 Å². The van der Waals surface area contributed by atoms with E-state index in [4.69, 9.17) is 0 Å². The Hall–Kier alpha value is -0.340. The Labute approximate surface area is 97.8 Å². The lowest BCUT2D eigenvalue weighted by Crippen LogP contribution is -2.29. The first kappa shape index (κ1) is 12.7. The molecule has 0 aliphatic carbocycles. The molecule has 0 bridgehead atoms. The molecule has 0 spiro atoms. The van der Waals surface area contributed by atoms with E-state index in [2.05, 4.69) is 5.10 Å². The van der Waals surface area contributed by atoms with Gasteiger partial charge < -0.3 is 0 Å². The molecule has 0 fully saturated rings. The van der Waals surface area contributed by atoms with Crippen LogP contribution in [0.5, 0.6) is 0 Å². The highest BCUT2D eigenvalue weighted by atomic mass is 127. The van der Waals surface area contributed by atoms with Gasteiger partial charge in [-0.25, -0.2) is 4.39 Å². The highest BCUT2D eigenvalue weighted by Crippen LogP contribution is 2.35. The molecular formula is C8H9F4IN2. The quantitative estimate of drug-likeness (QED) is 0.525. The fourth-order valence-corrected chi connectivity index (χ4v) is 1.57. The zero-order valence-electron chi connectivity index (χ0n) is 8.28. The first-order chi connectivity index (χ1) is 6.55. The summed E-state index contributed by atoms with van der Waals surface area (Å²) in [6.07, 6.45) is -4.73. The van der Waals surface area contributed by atoms with Crippen LogP contribution in [0, 0.1) is 9.52 Å². The summed E-state index contributed by atoms with van der Waals surface area (Å²) in [4.78, 5) is 0. The first-order valence-corrected chi connectivity index (χ1v) is 5.14. The monoisotopic (exact) mass is 336 g/mol. The maximum atomic E-state index is 13.2. The molecule has 1 rings (SSSR count). The molecule has 1 heterocycles. The number of halogens is 5. The molecule has 1 aromatic heterocycles. The van der Waals surface area contributed by atoms with Crippen LogP contribution < -0.4 is 0 Å². The van der Waals surface area contributed by atoms with Gasteiger partial charge in [0.15, 0.2) is 15.2 Å². The van der Waals surface area contributed by atoms with Crippen molar-refractivity contribution in [2.24, 2.45) is 0 Å². The van der Waals surface area contributed by atoms with Crippen molar-refractivity contribution in [3.8, 4) is 0 Å². The van der Waals surface area contributed by atoms with Crippen LogP contribution in [0.25, 0.3) is 0 Å². The van der Waals surface area contributed by atoms with Crippen LogP contribution in [-0.4, -0.2) is 9.78 Å². The van der Waals surface area contributed by atoms with E-state index >= 15 is 0 Å². The number of rotatable bonds is 0. The number of nitrogens with zero attached hydrogens (tertiary/aromatic N) is 2.